The molecule has 1 aromatic heterocycles. The number of ether oxygens (including phenoxy) is 2. The number of rotatable bonds is 6. The van der Waals surface area contributed by atoms with Crippen LogP contribution in [0.4, 0.5) is 9.93 Å². The Morgan fingerprint density at radius 3 is 2.56 bits per heavy atom. The lowest BCUT2D eigenvalue weighted by molar-refractivity contribution is -0.150. The topological polar surface area (TPSA) is 75.2 Å². The number of allylic oxidation sites excluding steroid dienone is 3. The largest absolute Gasteiger partial charge is 0.478 e. The first kappa shape index (κ1) is 25.9. The Kier molecular flexibility index (Phi) is 7.10. The van der Waals surface area contributed by atoms with Crippen LogP contribution in [0.3, 0.4) is 0 Å². The number of carbonyl (C=O) groups is 2. The number of hydrogen-bond donors (Lipinski definition) is 0. The van der Waals surface area contributed by atoms with E-state index >= 15 is 0 Å². The smallest absolute Gasteiger partial charge is 0.410 e. The molecule has 2 aromatic rings. The molecule has 8 nitrogen and oxygen atoms in total. The van der Waals surface area contributed by atoms with Crippen LogP contribution in [0.2, 0.25) is 0 Å². The molecule has 2 atom stereocenters. The highest BCUT2D eigenvalue weighted by Crippen LogP contribution is 2.40. The van der Waals surface area contributed by atoms with Gasteiger partial charge in [-0.2, -0.15) is 0 Å². The Bertz CT molecular complexity index is 1270. The third-order valence-electron chi connectivity index (χ3n) is 8.02. The Morgan fingerprint density at radius 1 is 1.08 bits per heavy atom. The minimum atomic E-state index is -0.927. The lowest BCUT2D eigenvalue weighted by Gasteiger charge is -2.40. The predicted molar refractivity (Wildman–Crippen MR) is 150 cm³/mol. The van der Waals surface area contributed by atoms with Crippen LogP contribution in [0.15, 0.2) is 54.3 Å². The van der Waals surface area contributed by atoms with Crippen molar-refractivity contribution in [1.82, 2.24) is 14.8 Å². The van der Waals surface area contributed by atoms with Gasteiger partial charge in [-0.1, -0.05) is 47.7 Å². The lowest BCUT2D eigenvalue weighted by atomic mass is 10.0. The maximum atomic E-state index is 13.4. The minimum Gasteiger partial charge on any atom is -0.478 e. The van der Waals surface area contributed by atoms with Gasteiger partial charge in [0.15, 0.2) is 10.7 Å². The fourth-order valence-electron chi connectivity index (χ4n) is 6.02. The van der Waals surface area contributed by atoms with Gasteiger partial charge in [-0.15, -0.1) is 0 Å². The quantitative estimate of drug-likeness (QED) is 0.503. The third-order valence-corrected chi connectivity index (χ3v) is 9.12. The van der Waals surface area contributed by atoms with E-state index in [4.69, 9.17) is 14.5 Å². The van der Waals surface area contributed by atoms with E-state index < -0.39 is 5.60 Å². The van der Waals surface area contributed by atoms with Crippen LogP contribution in [0.1, 0.15) is 55.7 Å². The number of benzene rings is 1. The van der Waals surface area contributed by atoms with Crippen molar-refractivity contribution in [2.75, 3.05) is 24.5 Å². The molecule has 39 heavy (non-hydrogen) atoms. The van der Waals surface area contributed by atoms with Gasteiger partial charge in [0.25, 0.3) is 5.91 Å². The molecule has 206 valence electrons. The van der Waals surface area contributed by atoms with E-state index in [1.54, 1.807) is 11.3 Å². The molecule has 2 fully saturated rings. The van der Waals surface area contributed by atoms with Gasteiger partial charge < -0.3 is 24.2 Å². The number of nitrogens with zero attached hydrogens (tertiary/aromatic N) is 4. The highest BCUT2D eigenvalue weighted by molar-refractivity contribution is 7.15. The number of amides is 2. The molecule has 2 unspecified atom stereocenters. The standard InChI is InChI=1S/C30H36N4O4S/c1-30(2,38-24-11-7-4-8-12-24)27(35)32-16-15-25-26(19-32)39-28(31-25)34-22-13-14-23(34)18-33(17-22)29(36)37-20-21-9-5-3-6-10-21/h3,5-7,9-12,22-23H,4,8,13-20H2,1-2H3. The summed E-state index contributed by atoms with van der Waals surface area (Å²) in [5, 5.41) is 1.02. The molecule has 4 aliphatic rings. The van der Waals surface area contributed by atoms with Crippen molar-refractivity contribution in [3.63, 3.8) is 0 Å². The van der Waals surface area contributed by atoms with Gasteiger partial charge in [0.05, 0.1) is 12.2 Å². The molecule has 2 saturated heterocycles. The zero-order valence-electron chi connectivity index (χ0n) is 22.7. The number of aromatic nitrogens is 1. The van der Waals surface area contributed by atoms with Crippen LogP contribution in [-0.4, -0.2) is 64.1 Å². The number of likely N-dealkylation sites (tertiary alicyclic amines) is 1. The molecule has 2 bridgehead atoms. The Balaban J connectivity index is 1.08. The maximum absolute atomic E-state index is 13.4. The van der Waals surface area contributed by atoms with E-state index in [1.165, 1.54) is 0 Å². The van der Waals surface area contributed by atoms with Crippen molar-refractivity contribution in [3.8, 4) is 0 Å². The summed E-state index contributed by atoms with van der Waals surface area (Å²) in [5.74, 6) is 0.779. The summed E-state index contributed by atoms with van der Waals surface area (Å²) in [6.45, 7) is 6.51. The van der Waals surface area contributed by atoms with Crippen LogP contribution < -0.4 is 4.90 Å². The van der Waals surface area contributed by atoms with Crippen LogP contribution in [0.5, 0.6) is 0 Å². The number of hydrogen-bond acceptors (Lipinski definition) is 7. The normalized spacial score (nSPS) is 22.4. The van der Waals surface area contributed by atoms with Gasteiger partial charge in [-0.05, 0) is 57.2 Å². The van der Waals surface area contributed by atoms with Crippen LogP contribution in [0.25, 0.3) is 0 Å². The number of fused-ring (bicyclic) bond motifs is 3. The zero-order valence-corrected chi connectivity index (χ0v) is 23.5. The van der Waals surface area contributed by atoms with E-state index in [-0.39, 0.29) is 24.1 Å². The Labute approximate surface area is 233 Å². The van der Waals surface area contributed by atoms with Gasteiger partial charge in [0.2, 0.25) is 0 Å². The van der Waals surface area contributed by atoms with E-state index in [1.807, 2.05) is 60.1 Å². The lowest BCUT2D eigenvalue weighted by Crippen LogP contribution is -2.55. The van der Waals surface area contributed by atoms with Crippen molar-refractivity contribution in [1.29, 1.82) is 0 Å². The number of piperazine rings is 1. The molecule has 0 N–H and O–H groups in total. The molecule has 3 aliphatic heterocycles. The second-order valence-corrected chi connectivity index (χ2v) is 12.3. The highest BCUT2D eigenvalue weighted by Gasteiger charge is 2.44. The van der Waals surface area contributed by atoms with Gasteiger partial charge in [0.1, 0.15) is 12.4 Å². The summed E-state index contributed by atoms with van der Waals surface area (Å²) in [5.41, 5.74) is 1.16. The van der Waals surface area contributed by atoms with Crippen molar-refractivity contribution < 1.29 is 19.1 Å². The van der Waals surface area contributed by atoms with E-state index in [0.717, 1.165) is 59.1 Å². The molecule has 0 spiro atoms. The van der Waals surface area contributed by atoms with E-state index in [0.29, 0.717) is 32.8 Å². The average molecular weight is 549 g/mol. The molecule has 2 amide bonds. The molecule has 0 radical (unpaired) electrons. The average Bonchev–Trinajstić information content (AvgIpc) is 3.48. The molecule has 0 saturated carbocycles. The van der Waals surface area contributed by atoms with Gasteiger partial charge in [0, 0.05) is 43.0 Å². The number of anilines is 1. The van der Waals surface area contributed by atoms with E-state index in [2.05, 4.69) is 17.1 Å². The van der Waals surface area contributed by atoms with Crippen LogP contribution in [-0.2, 0) is 33.8 Å². The number of thiazole rings is 1. The van der Waals surface area contributed by atoms with Gasteiger partial charge >= 0.3 is 6.09 Å². The highest BCUT2D eigenvalue weighted by atomic mass is 32.1. The summed E-state index contributed by atoms with van der Waals surface area (Å²) in [6.07, 6.45) is 10.6. The third kappa shape index (κ3) is 5.41. The van der Waals surface area contributed by atoms with Crippen molar-refractivity contribution in [2.24, 2.45) is 0 Å². The summed E-state index contributed by atoms with van der Waals surface area (Å²) in [4.78, 5) is 38.6. The summed E-state index contributed by atoms with van der Waals surface area (Å²) >= 11 is 1.70. The Morgan fingerprint density at radius 2 is 1.85 bits per heavy atom. The second-order valence-electron chi connectivity index (χ2n) is 11.3. The SMILES string of the molecule is CC(C)(OC1=CCCC=C1)C(=O)N1CCc2nc(N3C4CCC3CN(C(=O)OCc3ccccc3)C4)sc2C1. The predicted octanol–water partition coefficient (Wildman–Crippen LogP) is 5.05. The minimum absolute atomic E-state index is 0.00525. The van der Waals surface area contributed by atoms with Crippen LogP contribution >= 0.6 is 11.3 Å². The summed E-state index contributed by atoms with van der Waals surface area (Å²) in [7, 11) is 0. The Hall–Kier alpha value is -3.33. The first-order valence-electron chi connectivity index (χ1n) is 13.9. The van der Waals surface area contributed by atoms with Crippen molar-refractivity contribution in [3.05, 3.63) is 70.5 Å². The number of carbonyl (C=O) groups excluding carboxylic acids is 2. The molecular weight excluding hydrogens is 512 g/mol. The summed E-state index contributed by atoms with van der Waals surface area (Å²) < 4.78 is 11.7. The summed E-state index contributed by atoms with van der Waals surface area (Å²) in [6, 6.07) is 10.3. The fourth-order valence-corrected chi connectivity index (χ4v) is 7.29. The molecule has 9 heteroatoms. The first-order chi connectivity index (χ1) is 18.9. The zero-order chi connectivity index (χ0) is 27.0. The second kappa shape index (κ2) is 10.7. The van der Waals surface area contributed by atoms with Crippen LogP contribution in [0, 0.1) is 0 Å². The molecular formula is C30H36N4O4S. The van der Waals surface area contributed by atoms with Gasteiger partial charge in [-0.3, -0.25) is 4.79 Å². The maximum Gasteiger partial charge on any atom is 0.410 e. The molecule has 6 rings (SSSR count). The first-order valence-corrected chi connectivity index (χ1v) is 14.8. The van der Waals surface area contributed by atoms with Crippen molar-refractivity contribution >= 4 is 28.5 Å². The molecule has 1 aliphatic carbocycles. The monoisotopic (exact) mass is 548 g/mol. The van der Waals surface area contributed by atoms with Crippen molar-refractivity contribution in [2.45, 2.75) is 76.8 Å². The van der Waals surface area contributed by atoms with Gasteiger partial charge in [-0.25, -0.2) is 9.78 Å². The van der Waals surface area contributed by atoms with E-state index in [9.17, 15) is 9.59 Å². The molecule has 4 heterocycles. The fraction of sp³-hybridized carbons (Fsp3) is 0.500. The molecule has 1 aromatic carbocycles.